The fraction of sp³-hybridized carbons (Fsp3) is 0.308. The third-order valence-electron chi connectivity index (χ3n) is 2.65. The third-order valence-corrected chi connectivity index (χ3v) is 4.41. The summed E-state index contributed by atoms with van der Waals surface area (Å²) in [6.07, 6.45) is -3.34. The number of sulfonamides is 1. The SMILES string of the molecule is C=CCN(CC([NH])=O)S(=O)(=O)Cc1cccc(C(F)(F)F)c1. The van der Waals surface area contributed by atoms with Crippen LogP contribution < -0.4 is 5.73 Å². The Labute approximate surface area is 126 Å². The van der Waals surface area contributed by atoms with Crippen molar-refractivity contribution in [2.24, 2.45) is 0 Å². The summed E-state index contributed by atoms with van der Waals surface area (Å²) in [6, 6.07) is 3.94. The minimum absolute atomic E-state index is 0.0543. The molecule has 5 nitrogen and oxygen atoms in total. The summed E-state index contributed by atoms with van der Waals surface area (Å²) in [4.78, 5) is 10.8. The van der Waals surface area contributed by atoms with Crippen LogP contribution in [0.5, 0.6) is 0 Å². The monoisotopic (exact) mass is 335 g/mol. The number of amides is 1. The van der Waals surface area contributed by atoms with Gasteiger partial charge in [0.15, 0.2) is 0 Å². The van der Waals surface area contributed by atoms with E-state index in [9.17, 15) is 26.4 Å². The van der Waals surface area contributed by atoms with Gasteiger partial charge < -0.3 is 0 Å². The number of nitrogens with one attached hydrogen (secondary N) is 1. The molecule has 0 aliphatic heterocycles. The normalized spacial score (nSPS) is 12.4. The van der Waals surface area contributed by atoms with Gasteiger partial charge in [-0.25, -0.2) is 8.42 Å². The summed E-state index contributed by atoms with van der Waals surface area (Å²) < 4.78 is 62.8. The molecule has 0 atom stereocenters. The van der Waals surface area contributed by atoms with E-state index in [1.54, 1.807) is 0 Å². The van der Waals surface area contributed by atoms with E-state index >= 15 is 0 Å². The zero-order valence-electron chi connectivity index (χ0n) is 11.4. The molecular formula is C13H14F3N2O3S. The first-order valence-electron chi connectivity index (χ1n) is 6.05. The van der Waals surface area contributed by atoms with Gasteiger partial charge in [-0.15, -0.1) is 6.58 Å². The van der Waals surface area contributed by atoms with E-state index in [1.807, 2.05) is 0 Å². The van der Waals surface area contributed by atoms with Crippen LogP contribution in [0.25, 0.3) is 0 Å². The Kier molecular flexibility index (Phi) is 5.72. The number of hydrogen-bond acceptors (Lipinski definition) is 3. The van der Waals surface area contributed by atoms with E-state index in [1.165, 1.54) is 12.1 Å². The fourth-order valence-corrected chi connectivity index (χ4v) is 3.15. The minimum atomic E-state index is -4.57. The first kappa shape index (κ1) is 18.2. The highest BCUT2D eigenvalue weighted by Gasteiger charge is 2.31. The van der Waals surface area contributed by atoms with E-state index in [0.717, 1.165) is 18.2 Å². The van der Waals surface area contributed by atoms with E-state index in [-0.39, 0.29) is 12.1 Å². The Morgan fingerprint density at radius 3 is 2.50 bits per heavy atom. The number of carbonyl (C=O) groups is 1. The molecule has 0 heterocycles. The highest BCUT2D eigenvalue weighted by molar-refractivity contribution is 7.88. The highest BCUT2D eigenvalue weighted by Crippen LogP contribution is 2.30. The Hall–Kier alpha value is -1.87. The van der Waals surface area contributed by atoms with Crippen molar-refractivity contribution in [3.05, 3.63) is 48.0 Å². The van der Waals surface area contributed by atoms with Crippen molar-refractivity contribution >= 4 is 15.9 Å². The van der Waals surface area contributed by atoms with Crippen LogP contribution in [0.1, 0.15) is 11.1 Å². The van der Waals surface area contributed by atoms with Crippen LogP contribution in [0, 0.1) is 0 Å². The average molecular weight is 335 g/mol. The number of carbonyl (C=O) groups excluding carboxylic acids is 1. The quantitative estimate of drug-likeness (QED) is 0.713. The van der Waals surface area contributed by atoms with Gasteiger partial charge in [-0.1, -0.05) is 24.3 Å². The van der Waals surface area contributed by atoms with Gasteiger partial charge in [-0.3, -0.25) is 10.5 Å². The first-order chi connectivity index (χ1) is 10.1. The second-order valence-electron chi connectivity index (χ2n) is 4.46. The molecule has 1 radical (unpaired) electrons. The smallest absolute Gasteiger partial charge is 0.272 e. The average Bonchev–Trinajstić information content (AvgIpc) is 2.36. The molecule has 0 saturated carbocycles. The van der Waals surface area contributed by atoms with Gasteiger partial charge in [-0.2, -0.15) is 17.5 Å². The molecule has 0 bridgehead atoms. The van der Waals surface area contributed by atoms with E-state index in [4.69, 9.17) is 5.73 Å². The fourth-order valence-electron chi connectivity index (χ4n) is 1.72. The summed E-state index contributed by atoms with van der Waals surface area (Å²) >= 11 is 0. The maximum absolute atomic E-state index is 12.6. The molecule has 0 aliphatic carbocycles. The lowest BCUT2D eigenvalue weighted by Crippen LogP contribution is -2.37. The highest BCUT2D eigenvalue weighted by atomic mass is 32.2. The van der Waals surface area contributed by atoms with Crippen LogP contribution in [-0.4, -0.2) is 31.7 Å². The van der Waals surface area contributed by atoms with Gasteiger partial charge in [0.05, 0.1) is 17.9 Å². The predicted octanol–water partition coefficient (Wildman–Crippen LogP) is 1.83. The van der Waals surface area contributed by atoms with Crippen LogP contribution in [0.4, 0.5) is 13.2 Å². The van der Waals surface area contributed by atoms with Crippen molar-refractivity contribution in [3.63, 3.8) is 0 Å². The van der Waals surface area contributed by atoms with Crippen LogP contribution >= 0.6 is 0 Å². The van der Waals surface area contributed by atoms with Gasteiger partial charge >= 0.3 is 6.18 Å². The van der Waals surface area contributed by atoms with E-state index in [2.05, 4.69) is 6.58 Å². The summed E-state index contributed by atoms with van der Waals surface area (Å²) in [5.41, 5.74) is 5.83. The van der Waals surface area contributed by atoms with Crippen molar-refractivity contribution in [2.75, 3.05) is 13.1 Å². The van der Waals surface area contributed by atoms with Gasteiger partial charge in [0.25, 0.3) is 5.91 Å². The Morgan fingerprint density at radius 1 is 1.36 bits per heavy atom. The zero-order valence-corrected chi connectivity index (χ0v) is 12.2. The molecule has 0 saturated heterocycles. The van der Waals surface area contributed by atoms with Crippen LogP contribution in [0.2, 0.25) is 0 Å². The molecule has 0 spiro atoms. The molecule has 1 rings (SSSR count). The summed E-state index contributed by atoms with van der Waals surface area (Å²) in [5.74, 6) is -1.81. The molecule has 9 heteroatoms. The van der Waals surface area contributed by atoms with Crippen molar-refractivity contribution in [1.29, 1.82) is 0 Å². The molecule has 121 valence electrons. The first-order valence-corrected chi connectivity index (χ1v) is 7.66. The van der Waals surface area contributed by atoms with Gasteiger partial charge in [0.1, 0.15) is 0 Å². The second kappa shape index (κ2) is 6.93. The molecule has 0 fully saturated rings. The predicted molar refractivity (Wildman–Crippen MR) is 73.9 cm³/mol. The molecule has 22 heavy (non-hydrogen) atoms. The Balaban J connectivity index is 3.05. The number of hydrogen-bond donors (Lipinski definition) is 0. The lowest BCUT2D eigenvalue weighted by atomic mass is 10.1. The molecule has 1 aromatic rings. The minimum Gasteiger partial charge on any atom is -0.272 e. The lowest BCUT2D eigenvalue weighted by Gasteiger charge is -2.19. The van der Waals surface area contributed by atoms with Gasteiger partial charge in [0, 0.05) is 6.54 Å². The Morgan fingerprint density at radius 2 is 2.00 bits per heavy atom. The number of alkyl halides is 3. The summed E-state index contributed by atoms with van der Waals surface area (Å²) in [5, 5.41) is 0. The van der Waals surface area contributed by atoms with Crippen molar-refractivity contribution in [1.82, 2.24) is 10.0 Å². The number of nitrogens with zero attached hydrogens (tertiary/aromatic N) is 1. The number of halogens is 3. The number of benzene rings is 1. The third kappa shape index (κ3) is 5.15. The molecule has 0 unspecified atom stereocenters. The molecule has 0 aromatic heterocycles. The van der Waals surface area contributed by atoms with Crippen LogP contribution in [0.3, 0.4) is 0 Å². The molecular weight excluding hydrogens is 321 g/mol. The van der Waals surface area contributed by atoms with Crippen LogP contribution in [0.15, 0.2) is 36.9 Å². The maximum Gasteiger partial charge on any atom is 0.416 e. The standard InChI is InChI=1S/C13H14F3N2O3S/c1-2-6-18(8-12(17)19)22(20,21)9-10-4-3-5-11(7-10)13(14,15)16/h2-5,7,17H,1,6,8-9H2. The summed E-state index contributed by atoms with van der Waals surface area (Å²) in [7, 11) is -4.04. The second-order valence-corrected chi connectivity index (χ2v) is 6.43. The van der Waals surface area contributed by atoms with Crippen molar-refractivity contribution < 1.29 is 26.4 Å². The molecule has 1 amide bonds. The molecule has 0 aliphatic rings. The zero-order chi connectivity index (χ0) is 17.0. The van der Waals surface area contributed by atoms with Crippen molar-refractivity contribution in [3.8, 4) is 0 Å². The molecule has 1 aromatic carbocycles. The van der Waals surface area contributed by atoms with Gasteiger partial charge in [-0.05, 0) is 11.6 Å². The largest absolute Gasteiger partial charge is 0.416 e. The van der Waals surface area contributed by atoms with E-state index in [0.29, 0.717) is 4.31 Å². The molecule has 1 N–H and O–H groups in total. The number of rotatable bonds is 7. The lowest BCUT2D eigenvalue weighted by molar-refractivity contribution is -0.137. The topological polar surface area (TPSA) is 78.2 Å². The Bertz CT molecular complexity index is 657. The maximum atomic E-state index is 12.6. The summed E-state index contributed by atoms with van der Waals surface area (Å²) in [6.45, 7) is 2.47. The van der Waals surface area contributed by atoms with Gasteiger partial charge in [0.2, 0.25) is 10.0 Å². The van der Waals surface area contributed by atoms with Crippen LogP contribution in [-0.2, 0) is 26.7 Å². The van der Waals surface area contributed by atoms with E-state index < -0.39 is 40.0 Å². The van der Waals surface area contributed by atoms with Crippen molar-refractivity contribution in [2.45, 2.75) is 11.9 Å².